The van der Waals surface area contributed by atoms with Gasteiger partial charge in [-0.1, -0.05) is 12.1 Å². The van der Waals surface area contributed by atoms with E-state index >= 15 is 0 Å². The van der Waals surface area contributed by atoms with E-state index in [0.717, 1.165) is 17.2 Å². The third-order valence-electron chi connectivity index (χ3n) is 3.26. The highest BCUT2D eigenvalue weighted by molar-refractivity contribution is 7.98. The quantitative estimate of drug-likeness (QED) is 0.818. The maximum Gasteiger partial charge on any atom is 0.219 e. The Morgan fingerprint density at radius 1 is 1.30 bits per heavy atom. The molecule has 0 aliphatic heterocycles. The fourth-order valence-corrected chi connectivity index (χ4v) is 2.51. The van der Waals surface area contributed by atoms with E-state index in [-0.39, 0.29) is 0 Å². The standard InChI is InChI=1S/C16H18N2OS/c1-20-15-5-3-2-4-14(15)19-16-10-12(8-9-17-16)11-18-13-6-7-13/h2-5,8-10,13,18H,6-7,11H2,1H3. The summed E-state index contributed by atoms with van der Waals surface area (Å²) in [6, 6.07) is 12.8. The van der Waals surface area contributed by atoms with Crippen molar-refractivity contribution >= 4 is 11.8 Å². The molecule has 1 aliphatic carbocycles. The van der Waals surface area contributed by atoms with Crippen LogP contribution in [0.25, 0.3) is 0 Å². The molecule has 0 unspecified atom stereocenters. The number of benzene rings is 1. The van der Waals surface area contributed by atoms with Crippen LogP contribution in [0.5, 0.6) is 11.6 Å². The predicted molar refractivity (Wildman–Crippen MR) is 82.4 cm³/mol. The summed E-state index contributed by atoms with van der Waals surface area (Å²) in [7, 11) is 0. The SMILES string of the molecule is CSc1ccccc1Oc1cc(CNC2CC2)ccn1. The summed E-state index contributed by atoms with van der Waals surface area (Å²) in [6.45, 7) is 0.883. The summed E-state index contributed by atoms with van der Waals surface area (Å²) in [5, 5.41) is 3.50. The average Bonchev–Trinajstić information content (AvgIpc) is 3.30. The molecule has 1 heterocycles. The Bertz CT molecular complexity index is 584. The molecule has 1 fully saturated rings. The number of thioether (sulfide) groups is 1. The summed E-state index contributed by atoms with van der Waals surface area (Å²) in [5.41, 5.74) is 1.21. The Balaban J connectivity index is 1.71. The molecular weight excluding hydrogens is 268 g/mol. The molecular formula is C16H18N2OS. The number of pyridine rings is 1. The minimum absolute atomic E-state index is 0.654. The molecule has 104 valence electrons. The molecule has 3 nitrogen and oxygen atoms in total. The lowest BCUT2D eigenvalue weighted by molar-refractivity contribution is 0.451. The predicted octanol–water partition coefficient (Wildman–Crippen LogP) is 3.85. The number of para-hydroxylation sites is 1. The molecule has 1 aromatic carbocycles. The zero-order valence-electron chi connectivity index (χ0n) is 11.5. The monoisotopic (exact) mass is 286 g/mol. The minimum atomic E-state index is 0.654. The maximum atomic E-state index is 5.90. The smallest absolute Gasteiger partial charge is 0.219 e. The van der Waals surface area contributed by atoms with Crippen molar-refractivity contribution in [3.8, 4) is 11.6 Å². The van der Waals surface area contributed by atoms with Crippen LogP contribution in [0.3, 0.4) is 0 Å². The van der Waals surface area contributed by atoms with Crippen molar-refractivity contribution in [2.24, 2.45) is 0 Å². The van der Waals surface area contributed by atoms with E-state index in [9.17, 15) is 0 Å². The van der Waals surface area contributed by atoms with Gasteiger partial charge in [-0.05, 0) is 42.9 Å². The number of nitrogens with one attached hydrogen (secondary N) is 1. The zero-order chi connectivity index (χ0) is 13.8. The molecule has 0 atom stereocenters. The molecule has 0 saturated heterocycles. The van der Waals surface area contributed by atoms with E-state index in [1.165, 1.54) is 18.4 Å². The van der Waals surface area contributed by atoms with Gasteiger partial charge in [0.1, 0.15) is 5.75 Å². The third-order valence-corrected chi connectivity index (χ3v) is 4.03. The van der Waals surface area contributed by atoms with Crippen molar-refractivity contribution in [1.82, 2.24) is 10.3 Å². The number of aromatic nitrogens is 1. The molecule has 2 aromatic rings. The van der Waals surface area contributed by atoms with Crippen molar-refractivity contribution in [1.29, 1.82) is 0 Å². The summed E-state index contributed by atoms with van der Waals surface area (Å²) >= 11 is 1.68. The molecule has 1 aromatic heterocycles. The highest BCUT2D eigenvalue weighted by Crippen LogP contribution is 2.30. The highest BCUT2D eigenvalue weighted by Gasteiger charge is 2.19. The van der Waals surface area contributed by atoms with Gasteiger partial charge in [0.25, 0.3) is 0 Å². The summed E-state index contributed by atoms with van der Waals surface area (Å²) < 4.78 is 5.90. The average molecular weight is 286 g/mol. The summed E-state index contributed by atoms with van der Waals surface area (Å²) in [4.78, 5) is 5.41. The Hall–Kier alpha value is -1.52. The Morgan fingerprint density at radius 2 is 2.15 bits per heavy atom. The first kappa shape index (κ1) is 13.5. The fourth-order valence-electron chi connectivity index (χ4n) is 1.98. The van der Waals surface area contributed by atoms with E-state index < -0.39 is 0 Å². The van der Waals surface area contributed by atoms with Crippen molar-refractivity contribution in [2.75, 3.05) is 6.26 Å². The van der Waals surface area contributed by atoms with Gasteiger partial charge in [-0.2, -0.15) is 0 Å². The first-order chi connectivity index (χ1) is 9.85. The lowest BCUT2D eigenvalue weighted by Gasteiger charge is -2.10. The first-order valence-corrected chi connectivity index (χ1v) is 8.07. The fraction of sp³-hybridized carbons (Fsp3) is 0.312. The lowest BCUT2D eigenvalue weighted by atomic mass is 10.2. The second-order valence-electron chi connectivity index (χ2n) is 4.91. The van der Waals surface area contributed by atoms with Crippen LogP contribution in [0, 0.1) is 0 Å². The molecule has 0 radical (unpaired) electrons. The Morgan fingerprint density at radius 3 is 2.95 bits per heavy atom. The molecule has 20 heavy (non-hydrogen) atoms. The normalized spacial score (nSPS) is 14.2. The summed E-state index contributed by atoms with van der Waals surface area (Å²) in [5.74, 6) is 1.52. The van der Waals surface area contributed by atoms with Crippen molar-refractivity contribution in [3.05, 3.63) is 48.2 Å². The molecule has 1 aliphatic rings. The van der Waals surface area contributed by atoms with Gasteiger partial charge in [-0.25, -0.2) is 4.98 Å². The van der Waals surface area contributed by atoms with Crippen molar-refractivity contribution in [3.63, 3.8) is 0 Å². The molecule has 1 saturated carbocycles. The molecule has 0 amide bonds. The maximum absolute atomic E-state index is 5.90. The van der Waals surface area contributed by atoms with Gasteiger partial charge in [0.05, 0.1) is 0 Å². The second-order valence-corrected chi connectivity index (χ2v) is 5.76. The van der Waals surface area contributed by atoms with Gasteiger partial charge in [-0.15, -0.1) is 11.8 Å². The Labute approximate surface area is 123 Å². The van der Waals surface area contributed by atoms with Crippen LogP contribution in [0.2, 0.25) is 0 Å². The zero-order valence-corrected chi connectivity index (χ0v) is 12.3. The van der Waals surface area contributed by atoms with Gasteiger partial charge in [0.2, 0.25) is 5.88 Å². The van der Waals surface area contributed by atoms with E-state index in [0.29, 0.717) is 11.9 Å². The summed E-state index contributed by atoms with van der Waals surface area (Å²) in [6.07, 6.45) is 6.46. The van der Waals surface area contributed by atoms with Gasteiger partial charge >= 0.3 is 0 Å². The van der Waals surface area contributed by atoms with Gasteiger partial charge in [0, 0.05) is 29.7 Å². The molecule has 1 N–H and O–H groups in total. The molecule has 0 bridgehead atoms. The molecule has 3 rings (SSSR count). The van der Waals surface area contributed by atoms with Gasteiger partial charge in [0.15, 0.2) is 0 Å². The van der Waals surface area contributed by atoms with Gasteiger partial charge < -0.3 is 10.1 Å². The van der Waals surface area contributed by atoms with Gasteiger partial charge in [-0.3, -0.25) is 0 Å². The van der Waals surface area contributed by atoms with E-state index in [4.69, 9.17) is 4.74 Å². The van der Waals surface area contributed by atoms with Crippen LogP contribution in [0.1, 0.15) is 18.4 Å². The third kappa shape index (κ3) is 3.52. The largest absolute Gasteiger partial charge is 0.438 e. The highest BCUT2D eigenvalue weighted by atomic mass is 32.2. The van der Waals surface area contributed by atoms with Crippen LogP contribution < -0.4 is 10.1 Å². The van der Waals surface area contributed by atoms with Crippen LogP contribution in [-0.4, -0.2) is 17.3 Å². The van der Waals surface area contributed by atoms with E-state index in [2.05, 4.69) is 16.4 Å². The minimum Gasteiger partial charge on any atom is -0.438 e. The number of nitrogens with zero attached hydrogens (tertiary/aromatic N) is 1. The van der Waals surface area contributed by atoms with E-state index in [1.54, 1.807) is 18.0 Å². The first-order valence-electron chi connectivity index (χ1n) is 6.84. The van der Waals surface area contributed by atoms with E-state index in [1.807, 2.05) is 36.6 Å². The number of rotatable bonds is 6. The van der Waals surface area contributed by atoms with Crippen LogP contribution in [0.15, 0.2) is 47.5 Å². The topological polar surface area (TPSA) is 34.1 Å². The molecule has 0 spiro atoms. The second kappa shape index (κ2) is 6.29. The van der Waals surface area contributed by atoms with Crippen molar-refractivity contribution in [2.45, 2.75) is 30.3 Å². The number of hydrogen-bond donors (Lipinski definition) is 1. The van der Waals surface area contributed by atoms with Crippen LogP contribution >= 0.6 is 11.8 Å². The number of ether oxygens (including phenoxy) is 1. The van der Waals surface area contributed by atoms with Crippen molar-refractivity contribution < 1.29 is 4.74 Å². The van der Waals surface area contributed by atoms with Crippen LogP contribution in [-0.2, 0) is 6.54 Å². The molecule has 4 heteroatoms. The Kier molecular flexibility index (Phi) is 4.23. The number of hydrogen-bond acceptors (Lipinski definition) is 4. The lowest BCUT2D eigenvalue weighted by Crippen LogP contribution is -2.15. The van der Waals surface area contributed by atoms with Crippen LogP contribution in [0.4, 0.5) is 0 Å².